The van der Waals surface area contributed by atoms with Gasteiger partial charge in [-0.3, -0.25) is 0 Å². The lowest BCUT2D eigenvalue weighted by Gasteiger charge is -2.26. The number of para-hydroxylation sites is 2. The minimum Gasteiger partial charge on any atom is -0.456 e. The maximum Gasteiger partial charge on any atom is 0.227 e. The van der Waals surface area contributed by atoms with Crippen molar-refractivity contribution in [1.29, 1.82) is 0 Å². The third kappa shape index (κ3) is 5.07. The normalized spacial score (nSPS) is 11.8. The highest BCUT2D eigenvalue weighted by Crippen LogP contribution is 2.46. The molecule has 0 atom stereocenters. The maximum atomic E-state index is 6.66. The Labute approximate surface area is 332 Å². The van der Waals surface area contributed by atoms with E-state index in [4.69, 9.17) is 18.2 Å². The second-order valence-corrected chi connectivity index (χ2v) is 14.7. The van der Waals surface area contributed by atoms with Crippen molar-refractivity contribution in [1.82, 2.24) is 4.98 Å². The van der Waals surface area contributed by atoms with Crippen LogP contribution in [0.1, 0.15) is 0 Å². The molecule has 5 nitrogen and oxygen atoms in total. The van der Waals surface area contributed by atoms with Crippen LogP contribution < -0.4 is 4.90 Å². The molecule has 0 N–H and O–H groups in total. The lowest BCUT2D eigenvalue weighted by molar-refractivity contribution is 0.622. The number of furan rings is 2. The van der Waals surface area contributed by atoms with Gasteiger partial charge in [0.05, 0.1) is 11.1 Å². The highest BCUT2D eigenvalue weighted by Gasteiger charge is 2.22. The number of oxazole rings is 1. The zero-order chi connectivity index (χ0) is 38.2. The summed E-state index contributed by atoms with van der Waals surface area (Å²) in [6.45, 7) is 0. The summed E-state index contributed by atoms with van der Waals surface area (Å²) in [7, 11) is 0. The summed E-state index contributed by atoms with van der Waals surface area (Å²) in [4.78, 5) is 7.18. The molecule has 0 radical (unpaired) electrons. The summed E-state index contributed by atoms with van der Waals surface area (Å²) in [5.74, 6) is 0.582. The molecule has 0 unspecified atom stereocenters. The van der Waals surface area contributed by atoms with E-state index in [9.17, 15) is 0 Å². The predicted molar refractivity (Wildman–Crippen MR) is 237 cm³/mol. The Hall–Kier alpha value is -7.89. The van der Waals surface area contributed by atoms with E-state index in [-0.39, 0.29) is 0 Å². The molecule has 0 amide bonds. The van der Waals surface area contributed by atoms with Gasteiger partial charge in [0.15, 0.2) is 11.2 Å². The molecule has 9 aromatic carbocycles. The summed E-state index contributed by atoms with van der Waals surface area (Å²) in [5, 5.41) is 6.51. The maximum absolute atomic E-state index is 6.66. The van der Waals surface area contributed by atoms with Gasteiger partial charge >= 0.3 is 0 Å². The van der Waals surface area contributed by atoms with Gasteiger partial charge in [0, 0.05) is 33.1 Å². The highest BCUT2D eigenvalue weighted by molar-refractivity contribution is 6.21. The molecule has 0 saturated heterocycles. The quantitative estimate of drug-likeness (QED) is 0.170. The van der Waals surface area contributed by atoms with E-state index in [1.165, 1.54) is 16.3 Å². The zero-order valence-electron chi connectivity index (χ0n) is 31.1. The van der Waals surface area contributed by atoms with Crippen LogP contribution in [0.5, 0.6) is 0 Å². The predicted octanol–water partition coefficient (Wildman–Crippen LogP) is 15.3. The molecule has 3 aromatic heterocycles. The second kappa shape index (κ2) is 12.8. The Morgan fingerprint density at radius 2 is 1.07 bits per heavy atom. The Morgan fingerprint density at radius 3 is 1.98 bits per heavy atom. The topological polar surface area (TPSA) is 55.6 Å². The Balaban J connectivity index is 1.05. The monoisotopic (exact) mass is 744 g/mol. The number of fused-ring (bicyclic) bond motifs is 9. The first-order valence-corrected chi connectivity index (χ1v) is 19.4. The molecule has 272 valence electrons. The van der Waals surface area contributed by atoms with Gasteiger partial charge in [-0.05, 0) is 99.8 Å². The number of aromatic nitrogens is 1. The average Bonchev–Trinajstić information content (AvgIpc) is 4.01. The van der Waals surface area contributed by atoms with Gasteiger partial charge in [-0.2, -0.15) is 0 Å². The van der Waals surface area contributed by atoms with Crippen molar-refractivity contribution < 1.29 is 13.3 Å². The van der Waals surface area contributed by atoms with Crippen LogP contribution >= 0.6 is 0 Å². The number of hydrogen-bond acceptors (Lipinski definition) is 5. The highest BCUT2D eigenvalue weighted by atomic mass is 16.4. The summed E-state index contributed by atoms with van der Waals surface area (Å²) in [6.07, 6.45) is 0. The number of rotatable bonds is 6. The van der Waals surface area contributed by atoms with Crippen molar-refractivity contribution in [3.63, 3.8) is 0 Å². The van der Waals surface area contributed by atoms with Gasteiger partial charge in [0.2, 0.25) is 5.89 Å². The van der Waals surface area contributed by atoms with Crippen molar-refractivity contribution in [3.05, 3.63) is 194 Å². The van der Waals surface area contributed by atoms with Crippen LogP contribution in [0.3, 0.4) is 0 Å². The van der Waals surface area contributed by atoms with E-state index in [1.807, 2.05) is 60.7 Å². The lowest BCUT2D eigenvalue weighted by Crippen LogP contribution is -2.10. The Morgan fingerprint density at radius 1 is 0.379 bits per heavy atom. The zero-order valence-corrected chi connectivity index (χ0v) is 31.1. The smallest absolute Gasteiger partial charge is 0.227 e. The fourth-order valence-electron chi connectivity index (χ4n) is 8.65. The van der Waals surface area contributed by atoms with Crippen LogP contribution in [0.15, 0.2) is 207 Å². The minimum absolute atomic E-state index is 0.582. The Bertz CT molecular complexity index is 3520. The van der Waals surface area contributed by atoms with E-state index in [0.29, 0.717) is 11.5 Å². The van der Waals surface area contributed by atoms with Crippen molar-refractivity contribution >= 4 is 82.8 Å². The van der Waals surface area contributed by atoms with Crippen molar-refractivity contribution in [2.45, 2.75) is 0 Å². The number of hydrogen-bond donors (Lipinski definition) is 0. The average molecular weight is 745 g/mol. The molecular weight excluding hydrogens is 713 g/mol. The third-order valence-corrected chi connectivity index (χ3v) is 11.3. The molecule has 0 aliphatic carbocycles. The van der Waals surface area contributed by atoms with Crippen molar-refractivity contribution in [2.24, 2.45) is 0 Å². The molecule has 0 bridgehead atoms. The van der Waals surface area contributed by atoms with E-state index < -0.39 is 0 Å². The van der Waals surface area contributed by atoms with E-state index in [1.54, 1.807) is 0 Å². The van der Waals surface area contributed by atoms with E-state index in [0.717, 1.165) is 88.7 Å². The molecular formula is C53H32N2O3. The van der Waals surface area contributed by atoms with Crippen LogP contribution in [-0.4, -0.2) is 4.98 Å². The lowest BCUT2D eigenvalue weighted by atomic mass is 9.97. The van der Waals surface area contributed by atoms with Crippen molar-refractivity contribution in [3.8, 4) is 33.7 Å². The fourth-order valence-corrected chi connectivity index (χ4v) is 8.65. The molecule has 12 rings (SSSR count). The fraction of sp³-hybridized carbons (Fsp3) is 0. The van der Waals surface area contributed by atoms with Crippen LogP contribution in [0.25, 0.3) is 99.5 Å². The number of anilines is 3. The SMILES string of the molecule is c1ccc(-c2nc3ccc4oc5cccc(-c6cccc(N(c7ccc(-c8cccc9ccccc89)cc7)c7cccc8c7oc7ccccc78)c6)c5c4c3o2)cc1. The van der Waals surface area contributed by atoms with Gasteiger partial charge in [-0.1, -0.05) is 127 Å². The standard InChI is InChI=1S/C53H32N2O3/c1-2-13-35(14-3-1)53-54-44-30-31-48-50(52(44)58-53)49-41(21-11-25-47(49)56-48)36-16-8-17-38(32-36)55(45-23-10-22-43-42-19-6-7-24-46(42)57-51(43)45)37-28-26-34(27-29-37)40-20-9-15-33-12-4-5-18-39(33)40/h1-32H. The summed E-state index contributed by atoms with van der Waals surface area (Å²) < 4.78 is 19.7. The molecule has 5 heteroatoms. The minimum atomic E-state index is 0.582. The van der Waals surface area contributed by atoms with Gasteiger partial charge in [-0.25, -0.2) is 4.98 Å². The molecule has 12 aromatic rings. The molecule has 0 fully saturated rings. The first-order chi connectivity index (χ1) is 28.7. The van der Waals surface area contributed by atoms with Crippen LogP contribution in [0, 0.1) is 0 Å². The summed E-state index contributed by atoms with van der Waals surface area (Å²) in [6, 6.07) is 67.5. The van der Waals surface area contributed by atoms with Crippen molar-refractivity contribution in [2.75, 3.05) is 4.90 Å². The third-order valence-electron chi connectivity index (χ3n) is 11.3. The second-order valence-electron chi connectivity index (χ2n) is 14.7. The first-order valence-electron chi connectivity index (χ1n) is 19.4. The number of benzene rings is 9. The molecule has 0 aliphatic heterocycles. The van der Waals surface area contributed by atoms with Gasteiger partial charge in [0.1, 0.15) is 22.3 Å². The van der Waals surface area contributed by atoms with Gasteiger partial charge in [0.25, 0.3) is 0 Å². The van der Waals surface area contributed by atoms with Gasteiger partial charge < -0.3 is 18.2 Å². The molecule has 58 heavy (non-hydrogen) atoms. The first kappa shape index (κ1) is 32.4. The van der Waals surface area contributed by atoms with Crippen LogP contribution in [0.2, 0.25) is 0 Å². The van der Waals surface area contributed by atoms with E-state index in [2.05, 4.69) is 138 Å². The molecule has 3 heterocycles. The summed E-state index contributed by atoms with van der Waals surface area (Å²) in [5.41, 5.74) is 13.1. The Kier molecular flexibility index (Phi) is 7.16. The van der Waals surface area contributed by atoms with Crippen LogP contribution in [-0.2, 0) is 0 Å². The molecule has 0 aliphatic rings. The summed E-state index contributed by atoms with van der Waals surface area (Å²) >= 11 is 0. The van der Waals surface area contributed by atoms with Gasteiger partial charge in [-0.15, -0.1) is 0 Å². The van der Waals surface area contributed by atoms with Crippen LogP contribution in [0.4, 0.5) is 17.1 Å². The van der Waals surface area contributed by atoms with E-state index >= 15 is 0 Å². The number of nitrogens with zero attached hydrogens (tertiary/aromatic N) is 2. The molecule has 0 spiro atoms. The largest absolute Gasteiger partial charge is 0.456 e. The molecule has 0 saturated carbocycles.